The number of carbonyl (C=O) groups is 1. The SMILES string of the molecule is N#CC1(C#N)[C@@H](c2ccccc2)[C@@H](C(=O)Oc2cccc(Cl)c2)N2c3ccccc3C=C[C@@H]21. The number of para-hydroxylation sites is 1. The zero-order chi connectivity index (χ0) is 23.0. The number of nitrogens with zero attached hydrogens (tertiary/aromatic N) is 3. The van der Waals surface area contributed by atoms with Crippen LogP contribution in [-0.2, 0) is 4.79 Å². The van der Waals surface area contributed by atoms with Crippen molar-refractivity contribution in [2.45, 2.75) is 18.0 Å². The molecule has 1 fully saturated rings. The normalized spacial score (nSPS) is 21.9. The van der Waals surface area contributed by atoms with Crippen LogP contribution < -0.4 is 9.64 Å². The van der Waals surface area contributed by atoms with Gasteiger partial charge in [-0.2, -0.15) is 10.5 Å². The molecule has 0 radical (unpaired) electrons. The highest BCUT2D eigenvalue weighted by molar-refractivity contribution is 6.30. The largest absolute Gasteiger partial charge is 0.425 e. The van der Waals surface area contributed by atoms with Crippen LogP contribution in [0, 0.1) is 28.1 Å². The molecule has 2 aliphatic rings. The molecular weight excluding hydrogens is 434 g/mol. The lowest BCUT2D eigenvalue weighted by Gasteiger charge is -2.35. The van der Waals surface area contributed by atoms with Gasteiger partial charge in [-0.05, 0) is 35.4 Å². The Bertz CT molecular complexity index is 1330. The number of hydrogen-bond acceptors (Lipinski definition) is 5. The van der Waals surface area contributed by atoms with E-state index in [-0.39, 0.29) is 0 Å². The van der Waals surface area contributed by atoms with Crippen LogP contribution in [0.3, 0.4) is 0 Å². The van der Waals surface area contributed by atoms with E-state index in [1.807, 2.05) is 71.6 Å². The molecule has 160 valence electrons. The van der Waals surface area contributed by atoms with Crippen LogP contribution in [0.1, 0.15) is 17.0 Å². The molecule has 3 aromatic carbocycles. The predicted molar refractivity (Wildman–Crippen MR) is 125 cm³/mol. The third-order valence-corrected chi connectivity index (χ3v) is 6.57. The first-order chi connectivity index (χ1) is 16.1. The highest BCUT2D eigenvalue weighted by Gasteiger charge is 2.64. The Hall–Kier alpha value is -4.06. The van der Waals surface area contributed by atoms with Crippen molar-refractivity contribution in [3.8, 4) is 17.9 Å². The summed E-state index contributed by atoms with van der Waals surface area (Å²) in [6, 6.07) is 26.5. The van der Waals surface area contributed by atoms with Crippen molar-refractivity contribution in [2.75, 3.05) is 4.90 Å². The Morgan fingerprint density at radius 3 is 2.42 bits per heavy atom. The Kier molecular flexibility index (Phi) is 5.13. The average Bonchev–Trinajstić information content (AvgIpc) is 3.16. The maximum absolute atomic E-state index is 13.7. The first-order valence-corrected chi connectivity index (χ1v) is 10.9. The number of carbonyl (C=O) groups excluding carboxylic acids is 1. The zero-order valence-corrected chi connectivity index (χ0v) is 18.2. The average molecular weight is 452 g/mol. The molecule has 0 unspecified atom stereocenters. The Morgan fingerprint density at radius 1 is 0.970 bits per heavy atom. The minimum atomic E-state index is -1.50. The summed E-state index contributed by atoms with van der Waals surface area (Å²) < 4.78 is 5.77. The van der Waals surface area contributed by atoms with E-state index in [1.165, 1.54) is 0 Å². The maximum atomic E-state index is 13.7. The lowest BCUT2D eigenvalue weighted by atomic mass is 9.70. The smallest absolute Gasteiger partial charge is 0.334 e. The molecule has 0 amide bonds. The minimum absolute atomic E-state index is 0.308. The maximum Gasteiger partial charge on any atom is 0.334 e. The highest BCUT2D eigenvalue weighted by atomic mass is 35.5. The van der Waals surface area contributed by atoms with Crippen LogP contribution in [-0.4, -0.2) is 18.1 Å². The molecule has 3 aromatic rings. The summed E-state index contributed by atoms with van der Waals surface area (Å²) in [4.78, 5) is 15.6. The Morgan fingerprint density at radius 2 is 1.70 bits per heavy atom. The molecular formula is C27H18ClN3O2. The first-order valence-electron chi connectivity index (χ1n) is 10.5. The van der Waals surface area contributed by atoms with Crippen molar-refractivity contribution in [3.63, 3.8) is 0 Å². The van der Waals surface area contributed by atoms with Crippen LogP contribution in [0.15, 0.2) is 84.9 Å². The second-order valence-electron chi connectivity index (χ2n) is 8.07. The summed E-state index contributed by atoms with van der Waals surface area (Å²) in [6.07, 6.45) is 3.75. The van der Waals surface area contributed by atoms with Gasteiger partial charge in [0.1, 0.15) is 11.8 Å². The number of esters is 1. The van der Waals surface area contributed by atoms with Gasteiger partial charge in [0.25, 0.3) is 0 Å². The number of fused-ring (bicyclic) bond motifs is 3. The fraction of sp³-hybridized carbons (Fsp3) is 0.148. The van der Waals surface area contributed by atoms with Gasteiger partial charge < -0.3 is 9.64 Å². The van der Waals surface area contributed by atoms with E-state index in [0.717, 1.165) is 16.8 Å². The Balaban J connectivity index is 1.70. The third kappa shape index (κ3) is 3.26. The predicted octanol–water partition coefficient (Wildman–Crippen LogP) is 5.35. The van der Waals surface area contributed by atoms with E-state index in [4.69, 9.17) is 16.3 Å². The number of anilines is 1. The molecule has 0 aromatic heterocycles. The van der Waals surface area contributed by atoms with E-state index in [1.54, 1.807) is 24.3 Å². The van der Waals surface area contributed by atoms with Gasteiger partial charge in [0.15, 0.2) is 5.41 Å². The molecule has 33 heavy (non-hydrogen) atoms. The molecule has 2 aliphatic heterocycles. The van der Waals surface area contributed by atoms with Gasteiger partial charge >= 0.3 is 5.97 Å². The van der Waals surface area contributed by atoms with Gasteiger partial charge in [0.05, 0.1) is 18.2 Å². The molecule has 0 aliphatic carbocycles. The van der Waals surface area contributed by atoms with Gasteiger partial charge in [0, 0.05) is 16.6 Å². The van der Waals surface area contributed by atoms with E-state index in [2.05, 4.69) is 12.1 Å². The molecule has 2 heterocycles. The lowest BCUT2D eigenvalue weighted by Crippen LogP contribution is -2.45. The van der Waals surface area contributed by atoms with Crippen molar-refractivity contribution in [1.82, 2.24) is 0 Å². The molecule has 0 spiro atoms. The van der Waals surface area contributed by atoms with Crippen LogP contribution in [0.25, 0.3) is 6.08 Å². The van der Waals surface area contributed by atoms with Gasteiger partial charge in [-0.1, -0.05) is 78.4 Å². The molecule has 1 saturated heterocycles. The van der Waals surface area contributed by atoms with E-state index in [0.29, 0.717) is 10.8 Å². The quantitative estimate of drug-likeness (QED) is 0.396. The molecule has 5 rings (SSSR count). The minimum Gasteiger partial charge on any atom is -0.425 e. The summed E-state index contributed by atoms with van der Waals surface area (Å²) in [5, 5.41) is 21.2. The van der Waals surface area contributed by atoms with E-state index >= 15 is 0 Å². The van der Waals surface area contributed by atoms with Crippen molar-refractivity contribution >= 4 is 29.3 Å². The molecule has 6 heteroatoms. The number of benzene rings is 3. The van der Waals surface area contributed by atoms with Gasteiger partial charge in [-0.3, -0.25) is 0 Å². The number of ether oxygens (including phenoxy) is 1. The fourth-order valence-electron chi connectivity index (χ4n) is 4.95. The third-order valence-electron chi connectivity index (χ3n) is 6.33. The van der Waals surface area contributed by atoms with Crippen LogP contribution >= 0.6 is 11.6 Å². The summed E-state index contributed by atoms with van der Waals surface area (Å²) in [5.41, 5.74) is 0.928. The van der Waals surface area contributed by atoms with Crippen molar-refractivity contribution < 1.29 is 9.53 Å². The topological polar surface area (TPSA) is 77.1 Å². The van der Waals surface area contributed by atoms with Crippen molar-refractivity contribution in [3.05, 3.63) is 101 Å². The first kappa shape index (κ1) is 20.8. The van der Waals surface area contributed by atoms with Crippen LogP contribution in [0.4, 0.5) is 5.69 Å². The van der Waals surface area contributed by atoms with Crippen molar-refractivity contribution in [2.24, 2.45) is 5.41 Å². The van der Waals surface area contributed by atoms with Crippen molar-refractivity contribution in [1.29, 1.82) is 10.5 Å². The highest BCUT2D eigenvalue weighted by Crippen LogP contribution is 2.55. The molecule has 0 bridgehead atoms. The molecule has 5 nitrogen and oxygen atoms in total. The number of hydrogen-bond donors (Lipinski definition) is 0. The summed E-state index contributed by atoms with van der Waals surface area (Å²) in [5.74, 6) is -0.974. The second kappa shape index (κ2) is 8.13. The number of halogens is 1. The van der Waals surface area contributed by atoms with E-state index < -0.39 is 29.4 Å². The lowest BCUT2D eigenvalue weighted by molar-refractivity contribution is -0.136. The van der Waals surface area contributed by atoms with E-state index in [9.17, 15) is 15.3 Å². The Labute approximate surface area is 196 Å². The number of nitriles is 2. The van der Waals surface area contributed by atoms with Gasteiger partial charge in [-0.15, -0.1) is 0 Å². The molecule has 0 saturated carbocycles. The monoisotopic (exact) mass is 451 g/mol. The fourth-order valence-corrected chi connectivity index (χ4v) is 5.13. The molecule has 0 N–H and O–H groups in total. The summed E-state index contributed by atoms with van der Waals surface area (Å²) >= 11 is 6.08. The van der Waals surface area contributed by atoms with Gasteiger partial charge in [0.2, 0.25) is 0 Å². The summed E-state index contributed by atoms with van der Waals surface area (Å²) in [7, 11) is 0. The standard InChI is InChI=1S/C27H18ClN3O2/c28-20-10-6-11-21(15-20)33-26(32)25-24(19-8-2-1-3-9-19)27(16-29,17-30)23-14-13-18-7-4-5-12-22(18)31(23)25/h1-15,23-25H/t23-,24+,25+/m1/s1. The number of rotatable bonds is 3. The second-order valence-corrected chi connectivity index (χ2v) is 8.51. The zero-order valence-electron chi connectivity index (χ0n) is 17.4. The summed E-state index contributed by atoms with van der Waals surface area (Å²) in [6.45, 7) is 0. The molecule has 3 atom stereocenters. The van der Waals surface area contributed by atoms with Gasteiger partial charge in [-0.25, -0.2) is 4.79 Å². The van der Waals surface area contributed by atoms with Crippen LogP contribution in [0.5, 0.6) is 5.75 Å². The van der Waals surface area contributed by atoms with Crippen LogP contribution in [0.2, 0.25) is 5.02 Å².